The number of phenols is 1. The van der Waals surface area contributed by atoms with Gasteiger partial charge in [0.1, 0.15) is 30.5 Å². The quantitative estimate of drug-likeness (QED) is 0.316. The zero-order chi connectivity index (χ0) is 21.2. The second-order valence-corrected chi connectivity index (χ2v) is 8.85. The molecule has 3 atom stereocenters. The van der Waals surface area contributed by atoms with E-state index in [1.54, 1.807) is 6.07 Å². The first-order valence-corrected chi connectivity index (χ1v) is 11.3. The van der Waals surface area contributed by atoms with E-state index in [4.69, 9.17) is 9.47 Å². The van der Waals surface area contributed by atoms with Gasteiger partial charge in [0, 0.05) is 21.6 Å². The molecule has 1 aliphatic heterocycles. The number of allylic oxidation sites excluding steroid dienone is 2. The van der Waals surface area contributed by atoms with Crippen LogP contribution in [0.5, 0.6) is 17.2 Å². The summed E-state index contributed by atoms with van der Waals surface area (Å²) in [6.07, 6.45) is 5.51. The molecule has 3 unspecified atom stereocenters. The van der Waals surface area contributed by atoms with Gasteiger partial charge in [-0.05, 0) is 66.4 Å². The van der Waals surface area contributed by atoms with E-state index in [1.165, 1.54) is 5.56 Å². The lowest BCUT2D eigenvalue weighted by atomic mass is 9.77. The third kappa shape index (κ3) is 4.15. The minimum Gasteiger partial charge on any atom is -0.508 e. The molecule has 0 fully saturated rings. The zero-order valence-electron chi connectivity index (χ0n) is 17.0. The number of anilines is 1. The lowest BCUT2D eigenvalue weighted by molar-refractivity contribution is 0.217. The third-order valence-corrected chi connectivity index (χ3v) is 6.52. The molecule has 3 aromatic rings. The topological polar surface area (TPSA) is 50.7 Å². The molecule has 3 aromatic carbocycles. The number of benzene rings is 3. The van der Waals surface area contributed by atoms with Crippen molar-refractivity contribution in [2.45, 2.75) is 18.4 Å². The summed E-state index contributed by atoms with van der Waals surface area (Å²) in [5.41, 5.74) is 3.26. The van der Waals surface area contributed by atoms with Crippen LogP contribution >= 0.6 is 15.9 Å². The van der Waals surface area contributed by atoms with Crippen LogP contribution in [0.3, 0.4) is 0 Å². The SMILES string of the molecule is Oc1ccc(Br)cc1C1Nc2ccc(OCCOc3ccccc3)cc2C2C=CCC21. The molecule has 158 valence electrons. The number of fused-ring (bicyclic) bond motifs is 3. The Balaban J connectivity index is 1.32. The monoisotopic (exact) mass is 477 g/mol. The van der Waals surface area contributed by atoms with E-state index >= 15 is 0 Å². The Labute approximate surface area is 190 Å². The Bertz CT molecular complexity index is 1100. The second-order valence-electron chi connectivity index (χ2n) is 7.94. The van der Waals surface area contributed by atoms with E-state index in [0.717, 1.165) is 33.6 Å². The molecular weight excluding hydrogens is 454 g/mol. The standard InChI is InChI=1S/C26H24BrNO3/c27-17-9-12-25(29)23(15-17)26-21-8-4-7-20(21)22-16-19(10-11-24(22)28-26)31-14-13-30-18-5-2-1-3-6-18/h1-7,9-12,15-16,20-21,26,28-29H,8,13-14H2. The van der Waals surface area contributed by atoms with Crippen molar-refractivity contribution in [3.8, 4) is 17.2 Å². The lowest BCUT2D eigenvalue weighted by Crippen LogP contribution is -2.29. The molecule has 0 aromatic heterocycles. The number of nitrogens with one attached hydrogen (secondary N) is 1. The van der Waals surface area contributed by atoms with Gasteiger partial charge >= 0.3 is 0 Å². The number of phenolic OH excluding ortho intramolecular Hbond substituents is 1. The average molecular weight is 478 g/mol. The Morgan fingerprint density at radius 3 is 2.55 bits per heavy atom. The maximum Gasteiger partial charge on any atom is 0.122 e. The van der Waals surface area contributed by atoms with Crippen LogP contribution in [0.15, 0.2) is 83.4 Å². The predicted molar refractivity (Wildman–Crippen MR) is 126 cm³/mol. The number of rotatable bonds is 6. The van der Waals surface area contributed by atoms with E-state index in [2.05, 4.69) is 45.5 Å². The number of hydrogen-bond donors (Lipinski definition) is 2. The van der Waals surface area contributed by atoms with Crippen LogP contribution in [0, 0.1) is 5.92 Å². The maximum absolute atomic E-state index is 10.5. The van der Waals surface area contributed by atoms with E-state index in [1.807, 2.05) is 48.5 Å². The van der Waals surface area contributed by atoms with Crippen molar-refractivity contribution >= 4 is 21.6 Å². The van der Waals surface area contributed by atoms with E-state index in [-0.39, 0.29) is 6.04 Å². The summed E-state index contributed by atoms with van der Waals surface area (Å²) >= 11 is 3.54. The largest absolute Gasteiger partial charge is 0.508 e. The second kappa shape index (κ2) is 8.67. The Kier molecular flexibility index (Phi) is 5.60. The highest BCUT2D eigenvalue weighted by Crippen LogP contribution is 2.51. The van der Waals surface area contributed by atoms with Crippen LogP contribution in [0.4, 0.5) is 5.69 Å². The molecular formula is C26H24BrNO3. The van der Waals surface area contributed by atoms with Gasteiger partial charge in [0.15, 0.2) is 0 Å². The number of ether oxygens (including phenoxy) is 2. The van der Waals surface area contributed by atoms with E-state index < -0.39 is 0 Å². The summed E-state index contributed by atoms with van der Waals surface area (Å²) in [5.74, 6) is 2.67. The number of halogens is 1. The molecule has 4 nitrogen and oxygen atoms in total. The molecule has 0 saturated carbocycles. The molecule has 1 heterocycles. The van der Waals surface area contributed by atoms with Crippen molar-refractivity contribution in [1.82, 2.24) is 0 Å². The van der Waals surface area contributed by atoms with Crippen molar-refractivity contribution in [2.75, 3.05) is 18.5 Å². The molecule has 5 heteroatoms. The number of hydrogen-bond acceptors (Lipinski definition) is 4. The summed E-state index contributed by atoms with van der Waals surface area (Å²) in [5, 5.41) is 14.2. The molecule has 0 saturated heterocycles. The lowest BCUT2D eigenvalue weighted by Gasteiger charge is -2.38. The van der Waals surface area contributed by atoms with Crippen LogP contribution < -0.4 is 14.8 Å². The first-order valence-electron chi connectivity index (χ1n) is 10.6. The number of para-hydroxylation sites is 1. The highest BCUT2D eigenvalue weighted by Gasteiger charge is 2.39. The van der Waals surface area contributed by atoms with Gasteiger partial charge in [0.2, 0.25) is 0 Å². The van der Waals surface area contributed by atoms with Gasteiger partial charge in [0.25, 0.3) is 0 Å². The molecule has 0 radical (unpaired) electrons. The van der Waals surface area contributed by atoms with Gasteiger partial charge < -0.3 is 19.9 Å². The van der Waals surface area contributed by atoms with Gasteiger partial charge in [-0.25, -0.2) is 0 Å². The van der Waals surface area contributed by atoms with Crippen LogP contribution in [0.2, 0.25) is 0 Å². The molecule has 0 bridgehead atoms. The summed E-state index contributed by atoms with van der Waals surface area (Å²) in [6.45, 7) is 0.981. The number of aromatic hydroxyl groups is 1. The highest BCUT2D eigenvalue weighted by atomic mass is 79.9. The van der Waals surface area contributed by atoms with E-state index in [0.29, 0.717) is 30.8 Å². The zero-order valence-corrected chi connectivity index (χ0v) is 18.6. The normalized spacial score (nSPS) is 21.1. The molecule has 0 spiro atoms. The first-order chi connectivity index (χ1) is 15.2. The maximum atomic E-state index is 10.5. The summed E-state index contributed by atoms with van der Waals surface area (Å²) in [4.78, 5) is 0. The van der Waals surface area contributed by atoms with Gasteiger partial charge in [-0.3, -0.25) is 0 Å². The molecule has 5 rings (SSSR count). The predicted octanol–water partition coefficient (Wildman–Crippen LogP) is 6.44. The molecule has 0 amide bonds. The molecule has 2 aliphatic rings. The Morgan fingerprint density at radius 2 is 1.71 bits per heavy atom. The molecule has 31 heavy (non-hydrogen) atoms. The summed E-state index contributed by atoms with van der Waals surface area (Å²) in [7, 11) is 0. The highest BCUT2D eigenvalue weighted by molar-refractivity contribution is 9.10. The van der Waals surface area contributed by atoms with E-state index in [9.17, 15) is 5.11 Å². The van der Waals surface area contributed by atoms with Crippen LogP contribution in [-0.2, 0) is 0 Å². The third-order valence-electron chi connectivity index (χ3n) is 6.02. The van der Waals surface area contributed by atoms with Crippen molar-refractivity contribution in [3.63, 3.8) is 0 Å². The van der Waals surface area contributed by atoms with Crippen LogP contribution in [0.25, 0.3) is 0 Å². The summed E-state index contributed by atoms with van der Waals surface area (Å²) in [6, 6.07) is 21.7. The smallest absolute Gasteiger partial charge is 0.122 e. The average Bonchev–Trinajstić information content (AvgIpc) is 3.29. The minimum atomic E-state index is 0.0519. The first kappa shape index (κ1) is 20.0. The summed E-state index contributed by atoms with van der Waals surface area (Å²) < 4.78 is 12.7. The van der Waals surface area contributed by atoms with Crippen molar-refractivity contribution in [1.29, 1.82) is 0 Å². The van der Waals surface area contributed by atoms with Crippen LogP contribution in [-0.4, -0.2) is 18.3 Å². The van der Waals surface area contributed by atoms with Crippen molar-refractivity contribution < 1.29 is 14.6 Å². The fourth-order valence-corrected chi connectivity index (χ4v) is 4.96. The Morgan fingerprint density at radius 1 is 0.903 bits per heavy atom. The van der Waals surface area contributed by atoms with Crippen molar-refractivity contribution in [3.05, 3.63) is 94.5 Å². The minimum absolute atomic E-state index is 0.0519. The fourth-order valence-electron chi connectivity index (χ4n) is 4.58. The van der Waals surface area contributed by atoms with Gasteiger partial charge in [-0.15, -0.1) is 0 Å². The van der Waals surface area contributed by atoms with Gasteiger partial charge in [0.05, 0.1) is 6.04 Å². The molecule has 2 N–H and O–H groups in total. The Hall–Kier alpha value is -2.92. The molecule has 1 aliphatic carbocycles. The van der Waals surface area contributed by atoms with Crippen LogP contribution in [0.1, 0.15) is 29.5 Å². The van der Waals surface area contributed by atoms with Gasteiger partial charge in [-0.1, -0.05) is 46.3 Å². The fraction of sp³-hybridized carbons (Fsp3) is 0.231. The van der Waals surface area contributed by atoms with Crippen molar-refractivity contribution in [2.24, 2.45) is 5.92 Å². The van der Waals surface area contributed by atoms with Gasteiger partial charge in [-0.2, -0.15) is 0 Å².